The number of rotatable bonds is 6. The van der Waals surface area contributed by atoms with E-state index in [0.717, 1.165) is 0 Å². The van der Waals surface area contributed by atoms with Gasteiger partial charge in [-0.1, -0.05) is 35.2 Å². The first-order valence-corrected chi connectivity index (χ1v) is 9.35. The highest BCUT2D eigenvalue weighted by atomic mass is 32.2. The molecule has 0 aliphatic rings. The number of aromatic nitrogens is 2. The van der Waals surface area contributed by atoms with Gasteiger partial charge in [-0.2, -0.15) is 0 Å². The summed E-state index contributed by atoms with van der Waals surface area (Å²) in [5.74, 6) is -0.872. The van der Waals surface area contributed by atoms with Crippen molar-refractivity contribution < 1.29 is 13.6 Å². The van der Waals surface area contributed by atoms with E-state index in [0.29, 0.717) is 26.4 Å². The highest BCUT2D eigenvalue weighted by molar-refractivity contribution is 8.01. The van der Waals surface area contributed by atoms with Gasteiger partial charge in [0.2, 0.25) is 11.0 Å². The van der Waals surface area contributed by atoms with Crippen LogP contribution in [0.1, 0.15) is 5.56 Å². The third kappa shape index (κ3) is 4.99. The Morgan fingerprint density at radius 2 is 2.00 bits per heavy atom. The van der Waals surface area contributed by atoms with Crippen molar-refractivity contribution in [3.05, 3.63) is 59.7 Å². The SMILES string of the molecule is Cc1ccc(NC(=O)CSc2nnc(Nc3cccc(F)c3)s2)cc1F. The van der Waals surface area contributed by atoms with E-state index in [2.05, 4.69) is 20.8 Å². The minimum atomic E-state index is -0.368. The Morgan fingerprint density at radius 3 is 2.77 bits per heavy atom. The first-order valence-electron chi connectivity index (χ1n) is 7.54. The molecule has 0 saturated heterocycles. The number of aryl methyl sites for hydroxylation is 1. The van der Waals surface area contributed by atoms with Crippen molar-refractivity contribution >= 4 is 45.5 Å². The number of carbonyl (C=O) groups is 1. The molecule has 2 aromatic carbocycles. The summed E-state index contributed by atoms with van der Waals surface area (Å²) in [6.45, 7) is 1.65. The van der Waals surface area contributed by atoms with Crippen molar-refractivity contribution in [2.75, 3.05) is 16.4 Å². The summed E-state index contributed by atoms with van der Waals surface area (Å²) in [6, 6.07) is 10.5. The van der Waals surface area contributed by atoms with E-state index in [1.807, 2.05) is 0 Å². The molecule has 2 N–H and O–H groups in total. The molecular weight excluding hydrogens is 378 g/mol. The molecule has 26 heavy (non-hydrogen) atoms. The molecule has 3 rings (SSSR count). The molecule has 0 saturated carbocycles. The molecule has 0 unspecified atom stereocenters. The predicted molar refractivity (Wildman–Crippen MR) is 100 cm³/mol. The standard InChI is InChI=1S/C17H14F2N4OS2/c1-10-5-6-13(8-14(10)19)20-15(24)9-25-17-23-22-16(26-17)21-12-4-2-3-11(18)7-12/h2-8H,9H2,1H3,(H,20,24)(H,21,22). The van der Waals surface area contributed by atoms with Crippen LogP contribution in [0.15, 0.2) is 46.8 Å². The van der Waals surface area contributed by atoms with Gasteiger partial charge in [-0.3, -0.25) is 4.79 Å². The lowest BCUT2D eigenvalue weighted by Gasteiger charge is -2.05. The van der Waals surface area contributed by atoms with E-state index in [1.165, 1.54) is 41.3 Å². The number of amides is 1. The van der Waals surface area contributed by atoms with Gasteiger partial charge in [-0.05, 0) is 42.8 Å². The summed E-state index contributed by atoms with van der Waals surface area (Å²) >= 11 is 2.47. The summed E-state index contributed by atoms with van der Waals surface area (Å²) < 4.78 is 27.2. The number of hydrogen-bond donors (Lipinski definition) is 2. The minimum absolute atomic E-state index is 0.115. The minimum Gasteiger partial charge on any atom is -0.330 e. The Kier molecular flexibility index (Phi) is 5.79. The van der Waals surface area contributed by atoms with Crippen molar-refractivity contribution in [2.24, 2.45) is 0 Å². The normalized spacial score (nSPS) is 10.6. The van der Waals surface area contributed by atoms with Crippen molar-refractivity contribution in [1.29, 1.82) is 0 Å². The summed E-state index contributed by atoms with van der Waals surface area (Å²) in [5, 5.41) is 14.0. The Balaban J connectivity index is 1.52. The molecule has 0 aliphatic carbocycles. The van der Waals surface area contributed by atoms with Crippen molar-refractivity contribution in [3.8, 4) is 0 Å². The van der Waals surface area contributed by atoms with Crippen LogP contribution in [0.25, 0.3) is 0 Å². The van der Waals surface area contributed by atoms with Crippen LogP contribution in [-0.4, -0.2) is 21.9 Å². The highest BCUT2D eigenvalue weighted by Crippen LogP contribution is 2.28. The third-order valence-corrected chi connectivity index (χ3v) is 5.24. The fourth-order valence-electron chi connectivity index (χ4n) is 2.00. The van der Waals surface area contributed by atoms with Crippen LogP contribution in [-0.2, 0) is 4.79 Å². The Labute approximate surface area is 156 Å². The quantitative estimate of drug-likeness (QED) is 0.600. The van der Waals surface area contributed by atoms with Crippen LogP contribution >= 0.6 is 23.1 Å². The van der Waals surface area contributed by atoms with Crippen molar-refractivity contribution in [2.45, 2.75) is 11.3 Å². The molecular formula is C17H14F2N4OS2. The molecule has 1 amide bonds. The maximum Gasteiger partial charge on any atom is 0.234 e. The number of benzene rings is 2. The Hall–Kier alpha value is -2.52. The van der Waals surface area contributed by atoms with Gasteiger partial charge >= 0.3 is 0 Å². The van der Waals surface area contributed by atoms with E-state index >= 15 is 0 Å². The van der Waals surface area contributed by atoms with Crippen LogP contribution < -0.4 is 10.6 Å². The van der Waals surface area contributed by atoms with Gasteiger partial charge in [0.1, 0.15) is 11.6 Å². The molecule has 0 atom stereocenters. The van der Waals surface area contributed by atoms with Crippen LogP contribution in [0.4, 0.5) is 25.3 Å². The number of nitrogens with one attached hydrogen (secondary N) is 2. The number of halogens is 2. The molecule has 9 heteroatoms. The van der Waals surface area contributed by atoms with Gasteiger partial charge in [0, 0.05) is 11.4 Å². The smallest absolute Gasteiger partial charge is 0.234 e. The van der Waals surface area contributed by atoms with E-state index in [1.54, 1.807) is 31.2 Å². The van der Waals surface area contributed by atoms with E-state index < -0.39 is 0 Å². The molecule has 0 aliphatic heterocycles. The number of nitrogens with zero attached hydrogens (tertiary/aromatic N) is 2. The lowest BCUT2D eigenvalue weighted by atomic mass is 10.2. The second-order valence-corrected chi connectivity index (χ2v) is 7.51. The zero-order chi connectivity index (χ0) is 18.5. The van der Waals surface area contributed by atoms with Gasteiger partial charge in [-0.25, -0.2) is 8.78 Å². The molecule has 0 spiro atoms. The molecule has 0 bridgehead atoms. The van der Waals surface area contributed by atoms with E-state index in [-0.39, 0.29) is 23.3 Å². The topological polar surface area (TPSA) is 66.9 Å². The van der Waals surface area contributed by atoms with E-state index in [4.69, 9.17) is 0 Å². The largest absolute Gasteiger partial charge is 0.330 e. The maximum atomic E-state index is 13.5. The number of hydrogen-bond acceptors (Lipinski definition) is 6. The fourth-order valence-corrected chi connectivity index (χ4v) is 3.58. The third-order valence-electron chi connectivity index (χ3n) is 3.26. The molecule has 1 heterocycles. The lowest BCUT2D eigenvalue weighted by Crippen LogP contribution is -2.14. The van der Waals surface area contributed by atoms with Crippen LogP contribution in [0, 0.1) is 18.6 Å². The summed E-state index contributed by atoms with van der Waals surface area (Å²) in [5.41, 5.74) is 1.49. The van der Waals surface area contributed by atoms with E-state index in [9.17, 15) is 13.6 Å². The zero-order valence-corrected chi connectivity index (χ0v) is 15.3. The first-order chi connectivity index (χ1) is 12.5. The fraction of sp³-hybridized carbons (Fsp3) is 0.118. The number of anilines is 3. The average molecular weight is 392 g/mol. The van der Waals surface area contributed by atoms with Gasteiger partial charge in [0.25, 0.3) is 0 Å². The Morgan fingerprint density at radius 1 is 1.15 bits per heavy atom. The van der Waals surface area contributed by atoms with Crippen molar-refractivity contribution in [3.63, 3.8) is 0 Å². The molecule has 3 aromatic rings. The zero-order valence-electron chi connectivity index (χ0n) is 13.6. The van der Waals surface area contributed by atoms with Crippen LogP contribution in [0.2, 0.25) is 0 Å². The summed E-state index contributed by atoms with van der Waals surface area (Å²) in [7, 11) is 0. The summed E-state index contributed by atoms with van der Waals surface area (Å²) in [6.07, 6.45) is 0. The first kappa shape index (κ1) is 18.3. The van der Waals surface area contributed by atoms with Crippen LogP contribution in [0.3, 0.4) is 0 Å². The van der Waals surface area contributed by atoms with Gasteiger partial charge in [-0.15, -0.1) is 10.2 Å². The van der Waals surface area contributed by atoms with Gasteiger partial charge in [0.05, 0.1) is 5.75 Å². The average Bonchev–Trinajstić information content (AvgIpc) is 3.04. The number of thioether (sulfide) groups is 1. The second-order valence-electron chi connectivity index (χ2n) is 5.31. The molecule has 134 valence electrons. The molecule has 0 radical (unpaired) electrons. The molecule has 1 aromatic heterocycles. The maximum absolute atomic E-state index is 13.5. The monoisotopic (exact) mass is 392 g/mol. The summed E-state index contributed by atoms with van der Waals surface area (Å²) in [4.78, 5) is 12.0. The van der Waals surface area contributed by atoms with Gasteiger partial charge < -0.3 is 10.6 Å². The lowest BCUT2D eigenvalue weighted by molar-refractivity contribution is -0.113. The molecule has 0 fully saturated rings. The van der Waals surface area contributed by atoms with Gasteiger partial charge in [0.15, 0.2) is 4.34 Å². The molecule has 5 nitrogen and oxygen atoms in total. The Bertz CT molecular complexity index is 933. The predicted octanol–water partition coefficient (Wildman–Crippen LogP) is 4.60. The number of carbonyl (C=O) groups excluding carboxylic acids is 1. The highest BCUT2D eigenvalue weighted by Gasteiger charge is 2.10. The van der Waals surface area contributed by atoms with Crippen LogP contribution in [0.5, 0.6) is 0 Å². The second kappa shape index (κ2) is 8.24. The van der Waals surface area contributed by atoms with Crippen molar-refractivity contribution in [1.82, 2.24) is 10.2 Å².